The number of methoxy groups -OCH3 is 1. The fourth-order valence-corrected chi connectivity index (χ4v) is 0.843. The SMILES string of the molecule is CC.CC.COc1ccc(CN)c(O)c1. The second kappa shape index (κ2) is 10.9. The van der Waals surface area contributed by atoms with Crippen molar-refractivity contribution in [2.24, 2.45) is 5.73 Å². The highest BCUT2D eigenvalue weighted by Gasteiger charge is 1.99. The van der Waals surface area contributed by atoms with E-state index < -0.39 is 0 Å². The number of nitrogens with two attached hydrogens (primary N) is 1. The lowest BCUT2D eigenvalue weighted by Gasteiger charge is -2.03. The van der Waals surface area contributed by atoms with Crippen molar-refractivity contribution < 1.29 is 9.84 Å². The molecule has 0 aromatic heterocycles. The van der Waals surface area contributed by atoms with E-state index in [1.807, 2.05) is 27.7 Å². The number of benzene rings is 1. The van der Waals surface area contributed by atoms with Gasteiger partial charge in [-0.25, -0.2) is 0 Å². The zero-order valence-corrected chi connectivity index (χ0v) is 10.4. The summed E-state index contributed by atoms with van der Waals surface area (Å²) < 4.78 is 4.89. The molecule has 0 aliphatic heterocycles. The second-order valence-electron chi connectivity index (χ2n) is 2.20. The molecule has 3 nitrogen and oxygen atoms in total. The van der Waals surface area contributed by atoms with Crippen LogP contribution in [-0.4, -0.2) is 12.2 Å². The Balaban J connectivity index is 0. The molecule has 15 heavy (non-hydrogen) atoms. The zero-order valence-electron chi connectivity index (χ0n) is 10.4. The largest absolute Gasteiger partial charge is 0.507 e. The topological polar surface area (TPSA) is 55.5 Å². The summed E-state index contributed by atoms with van der Waals surface area (Å²) in [5, 5.41) is 9.26. The monoisotopic (exact) mass is 213 g/mol. The Morgan fingerprint density at radius 3 is 2.07 bits per heavy atom. The summed E-state index contributed by atoms with van der Waals surface area (Å²) in [6, 6.07) is 5.05. The molecule has 88 valence electrons. The van der Waals surface area contributed by atoms with Crippen LogP contribution in [0.25, 0.3) is 0 Å². The Kier molecular flexibility index (Phi) is 11.7. The van der Waals surface area contributed by atoms with Crippen LogP contribution in [0.1, 0.15) is 33.3 Å². The first-order chi connectivity index (χ1) is 7.27. The smallest absolute Gasteiger partial charge is 0.123 e. The van der Waals surface area contributed by atoms with Gasteiger partial charge in [-0.3, -0.25) is 0 Å². The van der Waals surface area contributed by atoms with Crippen LogP contribution < -0.4 is 10.5 Å². The summed E-state index contributed by atoms with van der Waals surface area (Å²) >= 11 is 0. The van der Waals surface area contributed by atoms with Crippen LogP contribution in [0, 0.1) is 0 Å². The standard InChI is InChI=1S/C8H11NO2.2C2H6/c1-11-7-3-2-6(5-9)8(10)4-7;2*1-2/h2-4,10H,5,9H2,1H3;2*1-2H3. The Morgan fingerprint density at radius 2 is 1.73 bits per heavy atom. The van der Waals surface area contributed by atoms with Gasteiger partial charge in [0.05, 0.1) is 7.11 Å². The molecule has 0 saturated carbocycles. The highest BCUT2D eigenvalue weighted by atomic mass is 16.5. The van der Waals surface area contributed by atoms with E-state index in [-0.39, 0.29) is 5.75 Å². The molecule has 0 amide bonds. The average molecular weight is 213 g/mol. The van der Waals surface area contributed by atoms with Crippen LogP contribution >= 0.6 is 0 Å². The molecular weight excluding hydrogens is 190 g/mol. The Labute approximate surface area is 92.9 Å². The van der Waals surface area contributed by atoms with Gasteiger partial charge in [0.2, 0.25) is 0 Å². The summed E-state index contributed by atoms with van der Waals surface area (Å²) in [5.41, 5.74) is 6.07. The molecule has 0 heterocycles. The van der Waals surface area contributed by atoms with E-state index in [0.717, 1.165) is 5.56 Å². The van der Waals surface area contributed by atoms with E-state index in [1.165, 1.54) is 0 Å². The van der Waals surface area contributed by atoms with Crippen LogP contribution in [0.5, 0.6) is 11.5 Å². The van der Waals surface area contributed by atoms with Crippen molar-refractivity contribution in [3.05, 3.63) is 23.8 Å². The van der Waals surface area contributed by atoms with Crippen LogP contribution in [0.15, 0.2) is 18.2 Å². The van der Waals surface area contributed by atoms with Crippen molar-refractivity contribution in [3.8, 4) is 11.5 Å². The predicted molar refractivity (Wildman–Crippen MR) is 65.2 cm³/mol. The Hall–Kier alpha value is -1.22. The number of phenols is 1. The number of hydrogen-bond acceptors (Lipinski definition) is 3. The minimum Gasteiger partial charge on any atom is -0.507 e. The number of rotatable bonds is 2. The van der Waals surface area contributed by atoms with E-state index in [0.29, 0.717) is 12.3 Å². The van der Waals surface area contributed by atoms with Gasteiger partial charge in [0.1, 0.15) is 11.5 Å². The lowest BCUT2D eigenvalue weighted by atomic mass is 10.2. The van der Waals surface area contributed by atoms with Gasteiger partial charge in [0, 0.05) is 18.2 Å². The van der Waals surface area contributed by atoms with Gasteiger partial charge in [-0.2, -0.15) is 0 Å². The molecule has 0 unspecified atom stereocenters. The maximum Gasteiger partial charge on any atom is 0.123 e. The van der Waals surface area contributed by atoms with Gasteiger partial charge in [-0.1, -0.05) is 33.8 Å². The van der Waals surface area contributed by atoms with E-state index in [9.17, 15) is 5.11 Å². The molecule has 0 bridgehead atoms. The molecule has 0 atom stereocenters. The number of phenolic OH excluding ortho intramolecular Hbond substituents is 1. The zero-order chi connectivity index (χ0) is 12.3. The molecule has 1 aromatic carbocycles. The van der Waals surface area contributed by atoms with Gasteiger partial charge < -0.3 is 15.6 Å². The maximum atomic E-state index is 9.26. The first kappa shape index (κ1) is 16.2. The molecule has 3 heteroatoms. The van der Waals surface area contributed by atoms with Crippen molar-refractivity contribution in [2.45, 2.75) is 34.2 Å². The van der Waals surface area contributed by atoms with Crippen LogP contribution in [0.2, 0.25) is 0 Å². The Bertz CT molecular complexity index is 249. The molecule has 0 radical (unpaired) electrons. The van der Waals surface area contributed by atoms with Crippen molar-refractivity contribution >= 4 is 0 Å². The van der Waals surface area contributed by atoms with Gasteiger partial charge in [0.15, 0.2) is 0 Å². The Morgan fingerprint density at radius 1 is 1.20 bits per heavy atom. The molecule has 1 rings (SSSR count). The molecule has 3 N–H and O–H groups in total. The van der Waals surface area contributed by atoms with E-state index >= 15 is 0 Å². The van der Waals surface area contributed by atoms with Crippen molar-refractivity contribution in [2.75, 3.05) is 7.11 Å². The van der Waals surface area contributed by atoms with E-state index in [1.54, 1.807) is 25.3 Å². The third-order valence-electron chi connectivity index (χ3n) is 1.51. The highest BCUT2D eigenvalue weighted by Crippen LogP contribution is 2.22. The van der Waals surface area contributed by atoms with Gasteiger partial charge in [-0.05, 0) is 6.07 Å². The normalized spacial score (nSPS) is 7.87. The minimum absolute atomic E-state index is 0.187. The number of hydrogen-bond donors (Lipinski definition) is 2. The van der Waals surface area contributed by atoms with Crippen LogP contribution in [0.4, 0.5) is 0 Å². The van der Waals surface area contributed by atoms with Gasteiger partial charge >= 0.3 is 0 Å². The molecule has 0 fully saturated rings. The highest BCUT2D eigenvalue weighted by molar-refractivity contribution is 5.39. The van der Waals surface area contributed by atoms with Crippen LogP contribution in [0.3, 0.4) is 0 Å². The maximum absolute atomic E-state index is 9.26. The summed E-state index contributed by atoms with van der Waals surface area (Å²) in [5.74, 6) is 0.826. The fraction of sp³-hybridized carbons (Fsp3) is 0.500. The number of aromatic hydroxyl groups is 1. The summed E-state index contributed by atoms with van der Waals surface area (Å²) in [4.78, 5) is 0. The molecule has 0 spiro atoms. The van der Waals surface area contributed by atoms with Crippen molar-refractivity contribution in [3.63, 3.8) is 0 Å². The lowest BCUT2D eigenvalue weighted by molar-refractivity contribution is 0.406. The quantitative estimate of drug-likeness (QED) is 0.794. The third kappa shape index (κ3) is 5.96. The summed E-state index contributed by atoms with van der Waals surface area (Å²) in [6.45, 7) is 8.34. The molecular formula is C12H23NO2. The predicted octanol–water partition coefficient (Wildman–Crippen LogP) is 2.91. The number of ether oxygens (including phenoxy) is 1. The van der Waals surface area contributed by atoms with Gasteiger partial charge in [-0.15, -0.1) is 0 Å². The molecule has 0 saturated heterocycles. The minimum atomic E-state index is 0.187. The third-order valence-corrected chi connectivity index (χ3v) is 1.51. The fourth-order valence-electron chi connectivity index (χ4n) is 0.843. The lowest BCUT2D eigenvalue weighted by Crippen LogP contribution is -1.96. The first-order valence-electron chi connectivity index (χ1n) is 5.34. The summed E-state index contributed by atoms with van der Waals surface area (Å²) in [7, 11) is 1.55. The van der Waals surface area contributed by atoms with Crippen LogP contribution in [-0.2, 0) is 6.54 Å². The second-order valence-corrected chi connectivity index (χ2v) is 2.20. The van der Waals surface area contributed by atoms with E-state index in [4.69, 9.17) is 10.5 Å². The first-order valence-corrected chi connectivity index (χ1v) is 5.34. The van der Waals surface area contributed by atoms with E-state index in [2.05, 4.69) is 0 Å². The van der Waals surface area contributed by atoms with Gasteiger partial charge in [0.25, 0.3) is 0 Å². The summed E-state index contributed by atoms with van der Waals surface area (Å²) in [6.07, 6.45) is 0. The molecule has 1 aromatic rings. The average Bonchev–Trinajstić information content (AvgIpc) is 2.34. The van der Waals surface area contributed by atoms with Crippen molar-refractivity contribution in [1.82, 2.24) is 0 Å². The van der Waals surface area contributed by atoms with Crippen molar-refractivity contribution in [1.29, 1.82) is 0 Å². The molecule has 0 aliphatic rings. The molecule has 0 aliphatic carbocycles.